The standard InChI is InChI=1S/C17H17F3N4O2/c1-10-6-21-15(22-7-10)25-12-3-4-14(13(5-12)17(18,19)20)26-16-23-8-11(2)9-24-16/h3-4,6,8-9,12H,5,7H2,1-2H3,(H,21,22). The molecule has 0 saturated heterocycles. The second kappa shape index (κ2) is 7.19. The van der Waals surface area contributed by atoms with Crippen LogP contribution in [0, 0.1) is 6.92 Å². The highest BCUT2D eigenvalue weighted by atomic mass is 19.4. The highest BCUT2D eigenvalue weighted by Crippen LogP contribution is 2.36. The summed E-state index contributed by atoms with van der Waals surface area (Å²) in [7, 11) is 0. The Bertz CT molecular complexity index is 795. The average molecular weight is 366 g/mol. The van der Waals surface area contributed by atoms with Gasteiger partial charge in [-0.2, -0.15) is 13.2 Å². The maximum atomic E-state index is 13.4. The van der Waals surface area contributed by atoms with Crippen LogP contribution in [0.4, 0.5) is 13.2 Å². The number of ether oxygens (including phenoxy) is 2. The molecule has 1 atom stereocenters. The predicted molar refractivity (Wildman–Crippen MR) is 88.3 cm³/mol. The first-order valence-corrected chi connectivity index (χ1v) is 7.89. The number of alkyl halides is 3. The van der Waals surface area contributed by atoms with Crippen molar-refractivity contribution in [2.45, 2.75) is 32.5 Å². The molecule has 26 heavy (non-hydrogen) atoms. The summed E-state index contributed by atoms with van der Waals surface area (Å²) in [6.45, 7) is 4.10. The van der Waals surface area contributed by atoms with E-state index in [-0.39, 0.29) is 17.8 Å². The van der Waals surface area contributed by atoms with Crippen LogP contribution in [0.25, 0.3) is 0 Å². The van der Waals surface area contributed by atoms with Crippen LogP contribution in [0.3, 0.4) is 0 Å². The van der Waals surface area contributed by atoms with Crippen molar-refractivity contribution in [1.29, 1.82) is 0 Å². The van der Waals surface area contributed by atoms with Crippen LogP contribution in [0.5, 0.6) is 6.01 Å². The minimum Gasteiger partial charge on any atom is -0.457 e. The number of amidine groups is 1. The Labute approximate surface area is 148 Å². The number of aryl methyl sites for hydroxylation is 1. The summed E-state index contributed by atoms with van der Waals surface area (Å²) in [5.41, 5.74) is 0.943. The number of hydrogen-bond acceptors (Lipinski definition) is 6. The molecule has 1 N–H and O–H groups in total. The molecule has 6 nitrogen and oxygen atoms in total. The molecule has 0 amide bonds. The van der Waals surface area contributed by atoms with Gasteiger partial charge in [-0.1, -0.05) is 0 Å². The Morgan fingerprint density at radius 3 is 2.54 bits per heavy atom. The van der Waals surface area contributed by atoms with E-state index in [0.717, 1.165) is 11.1 Å². The fourth-order valence-corrected chi connectivity index (χ4v) is 2.32. The number of aromatic nitrogens is 2. The first-order chi connectivity index (χ1) is 12.3. The van der Waals surface area contributed by atoms with Crippen LogP contribution in [0.2, 0.25) is 0 Å². The lowest BCUT2D eigenvalue weighted by molar-refractivity contribution is -0.0987. The lowest BCUT2D eigenvalue weighted by Gasteiger charge is -2.25. The Morgan fingerprint density at radius 2 is 1.92 bits per heavy atom. The highest BCUT2D eigenvalue weighted by molar-refractivity contribution is 5.76. The van der Waals surface area contributed by atoms with Crippen molar-refractivity contribution >= 4 is 6.02 Å². The number of halogens is 3. The van der Waals surface area contributed by atoms with Crippen molar-refractivity contribution in [1.82, 2.24) is 15.3 Å². The zero-order valence-corrected chi connectivity index (χ0v) is 14.2. The number of nitrogens with one attached hydrogen (secondary N) is 1. The van der Waals surface area contributed by atoms with Crippen LogP contribution in [0.15, 0.2) is 52.6 Å². The van der Waals surface area contributed by atoms with Gasteiger partial charge in [0, 0.05) is 25.0 Å². The molecule has 1 aromatic heterocycles. The summed E-state index contributed by atoms with van der Waals surface area (Å²) >= 11 is 0. The third-order valence-corrected chi connectivity index (χ3v) is 3.64. The Morgan fingerprint density at radius 1 is 1.19 bits per heavy atom. The lowest BCUT2D eigenvalue weighted by atomic mass is 10.0. The molecule has 9 heteroatoms. The van der Waals surface area contributed by atoms with E-state index in [2.05, 4.69) is 20.3 Å². The third kappa shape index (κ3) is 4.41. The van der Waals surface area contributed by atoms with E-state index in [1.807, 2.05) is 6.92 Å². The molecule has 1 unspecified atom stereocenters. The van der Waals surface area contributed by atoms with Crippen LogP contribution < -0.4 is 10.1 Å². The van der Waals surface area contributed by atoms with Gasteiger partial charge in [0.15, 0.2) is 0 Å². The van der Waals surface area contributed by atoms with Gasteiger partial charge in [-0.15, -0.1) is 0 Å². The number of rotatable bonds is 3. The molecule has 1 aliphatic carbocycles. The highest BCUT2D eigenvalue weighted by Gasteiger charge is 2.40. The van der Waals surface area contributed by atoms with Gasteiger partial charge in [0.2, 0.25) is 0 Å². The van der Waals surface area contributed by atoms with E-state index >= 15 is 0 Å². The van der Waals surface area contributed by atoms with Crippen molar-refractivity contribution in [3.63, 3.8) is 0 Å². The Hall–Kier alpha value is -2.84. The van der Waals surface area contributed by atoms with E-state index in [1.54, 1.807) is 13.1 Å². The van der Waals surface area contributed by atoms with Gasteiger partial charge in [-0.3, -0.25) is 0 Å². The molecule has 0 radical (unpaired) electrons. The molecule has 0 aromatic carbocycles. The molecule has 0 spiro atoms. The van der Waals surface area contributed by atoms with Crippen molar-refractivity contribution in [3.8, 4) is 6.01 Å². The smallest absolute Gasteiger partial charge is 0.416 e. The molecule has 0 saturated carbocycles. The van der Waals surface area contributed by atoms with Crippen LogP contribution in [0.1, 0.15) is 18.9 Å². The van der Waals surface area contributed by atoms with Crippen LogP contribution >= 0.6 is 0 Å². The summed E-state index contributed by atoms with van der Waals surface area (Å²) < 4.78 is 51.1. The van der Waals surface area contributed by atoms with Crippen LogP contribution in [-0.4, -0.2) is 34.8 Å². The van der Waals surface area contributed by atoms with Gasteiger partial charge in [0.1, 0.15) is 11.9 Å². The number of aliphatic imine (C=N–C) groups is 1. The normalized spacial score (nSPS) is 20.3. The maximum absolute atomic E-state index is 13.4. The third-order valence-electron chi connectivity index (χ3n) is 3.64. The quantitative estimate of drug-likeness (QED) is 0.890. The minimum atomic E-state index is -4.56. The molecular weight excluding hydrogens is 349 g/mol. The minimum absolute atomic E-state index is 0.143. The number of nitrogens with zero attached hydrogens (tertiary/aromatic N) is 3. The maximum Gasteiger partial charge on any atom is 0.416 e. The van der Waals surface area contributed by atoms with Crippen molar-refractivity contribution < 1.29 is 22.6 Å². The topological polar surface area (TPSA) is 68.6 Å². The van der Waals surface area contributed by atoms with Gasteiger partial charge < -0.3 is 14.8 Å². The summed E-state index contributed by atoms with van der Waals surface area (Å²) in [5, 5.41) is 2.81. The van der Waals surface area contributed by atoms with E-state index in [9.17, 15) is 13.2 Å². The number of allylic oxidation sites excluding steroid dienone is 1. The van der Waals surface area contributed by atoms with Crippen molar-refractivity contribution in [2.75, 3.05) is 6.54 Å². The molecule has 2 heterocycles. The fourth-order valence-electron chi connectivity index (χ4n) is 2.32. The second-order valence-electron chi connectivity index (χ2n) is 5.96. The van der Waals surface area contributed by atoms with Crippen LogP contribution in [-0.2, 0) is 4.74 Å². The van der Waals surface area contributed by atoms with Crippen molar-refractivity contribution in [3.05, 3.63) is 53.2 Å². The average Bonchev–Trinajstić information content (AvgIpc) is 2.59. The first kappa shape index (κ1) is 18.0. The molecule has 0 bridgehead atoms. The van der Waals surface area contributed by atoms with E-state index in [1.165, 1.54) is 24.5 Å². The molecule has 138 valence electrons. The van der Waals surface area contributed by atoms with Gasteiger partial charge in [0.05, 0.1) is 12.1 Å². The molecular formula is C17H17F3N4O2. The molecule has 3 rings (SSSR count). The summed E-state index contributed by atoms with van der Waals surface area (Å²) in [5.74, 6) is -0.338. The summed E-state index contributed by atoms with van der Waals surface area (Å²) in [4.78, 5) is 11.9. The molecule has 1 aromatic rings. The zero-order chi connectivity index (χ0) is 18.7. The predicted octanol–water partition coefficient (Wildman–Crippen LogP) is 3.19. The monoisotopic (exact) mass is 366 g/mol. The molecule has 1 aliphatic heterocycles. The Balaban J connectivity index is 1.75. The lowest BCUT2D eigenvalue weighted by Crippen LogP contribution is -2.32. The largest absolute Gasteiger partial charge is 0.457 e. The van der Waals surface area contributed by atoms with E-state index < -0.39 is 24.3 Å². The Kier molecular flexibility index (Phi) is 4.97. The number of hydrogen-bond donors (Lipinski definition) is 1. The second-order valence-corrected chi connectivity index (χ2v) is 5.96. The van der Waals surface area contributed by atoms with Gasteiger partial charge >= 0.3 is 12.2 Å². The van der Waals surface area contributed by atoms with E-state index in [0.29, 0.717) is 6.54 Å². The van der Waals surface area contributed by atoms with Gasteiger partial charge in [-0.25, -0.2) is 15.0 Å². The van der Waals surface area contributed by atoms with Gasteiger partial charge in [0.25, 0.3) is 6.02 Å². The zero-order valence-electron chi connectivity index (χ0n) is 14.2. The SMILES string of the molecule is CC1=CNC(OC2C=CC(Oc3ncc(C)cn3)=C(C(F)(F)F)C2)=NC1. The molecule has 0 fully saturated rings. The first-order valence-electron chi connectivity index (χ1n) is 7.89. The van der Waals surface area contributed by atoms with E-state index in [4.69, 9.17) is 9.47 Å². The van der Waals surface area contributed by atoms with Gasteiger partial charge in [-0.05, 0) is 37.1 Å². The molecule has 2 aliphatic rings. The summed E-state index contributed by atoms with van der Waals surface area (Å²) in [6, 6.07) is 0.0494. The summed E-state index contributed by atoms with van der Waals surface area (Å²) in [6.07, 6.45) is 1.59. The van der Waals surface area contributed by atoms with Crippen molar-refractivity contribution in [2.24, 2.45) is 4.99 Å². The fraction of sp³-hybridized carbons (Fsp3) is 0.353.